The number of likely N-dealkylation sites (tertiary alicyclic amines) is 1. The summed E-state index contributed by atoms with van der Waals surface area (Å²) >= 11 is 0. The predicted octanol–water partition coefficient (Wildman–Crippen LogP) is 1.26. The van der Waals surface area contributed by atoms with Gasteiger partial charge in [-0.15, -0.1) is 0 Å². The van der Waals surface area contributed by atoms with E-state index < -0.39 is 0 Å². The van der Waals surface area contributed by atoms with Gasteiger partial charge < -0.3 is 20.5 Å². The minimum atomic E-state index is -0.189. The molecule has 0 radical (unpaired) electrons. The second kappa shape index (κ2) is 7.34. The summed E-state index contributed by atoms with van der Waals surface area (Å²) in [7, 11) is 0. The lowest BCUT2D eigenvalue weighted by Gasteiger charge is -2.37. The third-order valence-electron chi connectivity index (χ3n) is 4.91. The van der Waals surface area contributed by atoms with Crippen LogP contribution in [0.2, 0.25) is 0 Å². The second-order valence-corrected chi connectivity index (χ2v) is 6.97. The highest BCUT2D eigenvalue weighted by Crippen LogP contribution is 2.40. The second-order valence-electron chi connectivity index (χ2n) is 6.97. The molecule has 1 saturated carbocycles. The number of carbonyl (C=O) groups excluding carboxylic acids is 2. The molecule has 2 fully saturated rings. The Morgan fingerprint density at radius 1 is 1.42 bits per heavy atom. The zero-order chi connectivity index (χ0) is 17.1. The van der Waals surface area contributed by atoms with Crippen molar-refractivity contribution in [3.8, 4) is 0 Å². The topological polar surface area (TPSA) is 101 Å². The first-order valence-electron chi connectivity index (χ1n) is 8.83. The van der Waals surface area contributed by atoms with E-state index in [4.69, 9.17) is 10.3 Å². The number of hydrogen-bond donors (Lipinski definition) is 2. The highest BCUT2D eigenvalue weighted by atomic mass is 16.5. The molecule has 3 N–H and O–H groups in total. The minimum Gasteiger partial charge on any atom is -0.360 e. The molecular formula is C17H26N4O3. The van der Waals surface area contributed by atoms with E-state index in [-0.39, 0.29) is 23.8 Å². The number of nitrogens with two attached hydrogens (primary N) is 1. The van der Waals surface area contributed by atoms with E-state index >= 15 is 0 Å². The predicted molar refractivity (Wildman–Crippen MR) is 88.4 cm³/mol. The van der Waals surface area contributed by atoms with Crippen molar-refractivity contribution in [1.29, 1.82) is 0 Å². The Labute approximate surface area is 141 Å². The Morgan fingerprint density at radius 3 is 2.88 bits per heavy atom. The molecule has 0 spiro atoms. The Morgan fingerprint density at radius 2 is 2.21 bits per heavy atom. The number of piperidine rings is 1. The van der Waals surface area contributed by atoms with E-state index in [1.165, 1.54) is 0 Å². The molecule has 0 aromatic carbocycles. The third kappa shape index (κ3) is 3.95. The Bertz CT molecular complexity index is 596. The molecule has 1 aromatic rings. The zero-order valence-corrected chi connectivity index (χ0v) is 14.2. The molecule has 2 amide bonds. The molecule has 1 aromatic heterocycles. The van der Waals surface area contributed by atoms with Crippen molar-refractivity contribution >= 4 is 11.8 Å². The quantitative estimate of drug-likeness (QED) is 0.815. The molecule has 1 saturated heterocycles. The summed E-state index contributed by atoms with van der Waals surface area (Å²) in [5.41, 5.74) is 5.81. The average Bonchev–Trinajstić information content (AvgIpc) is 3.31. The van der Waals surface area contributed by atoms with Gasteiger partial charge in [0, 0.05) is 37.5 Å². The van der Waals surface area contributed by atoms with Gasteiger partial charge in [0.15, 0.2) is 5.69 Å². The van der Waals surface area contributed by atoms with Crippen molar-refractivity contribution in [2.75, 3.05) is 19.6 Å². The molecule has 2 atom stereocenters. The van der Waals surface area contributed by atoms with Crippen LogP contribution in [-0.4, -0.2) is 47.5 Å². The highest BCUT2D eigenvalue weighted by Gasteiger charge is 2.32. The van der Waals surface area contributed by atoms with Crippen LogP contribution >= 0.6 is 0 Å². The molecule has 24 heavy (non-hydrogen) atoms. The standard InChI is InChI=1S/C17H26N4O3/c1-11-10-21(16(22)3-2-7-18)8-6-13(11)19-17(23)14-9-15(24-20-14)12-4-5-12/h9,11-13H,2-8,10,18H2,1H3,(H,19,23)/t11-,13+/m0/s1. The van der Waals surface area contributed by atoms with Crippen molar-refractivity contribution in [1.82, 2.24) is 15.4 Å². The molecule has 2 heterocycles. The summed E-state index contributed by atoms with van der Waals surface area (Å²) in [6.45, 7) is 3.94. The monoisotopic (exact) mass is 334 g/mol. The van der Waals surface area contributed by atoms with Crippen molar-refractivity contribution in [2.24, 2.45) is 11.7 Å². The van der Waals surface area contributed by atoms with E-state index in [2.05, 4.69) is 17.4 Å². The van der Waals surface area contributed by atoms with Crippen LogP contribution in [0.4, 0.5) is 0 Å². The van der Waals surface area contributed by atoms with E-state index in [0.29, 0.717) is 37.7 Å². The summed E-state index contributed by atoms with van der Waals surface area (Å²) in [6.07, 6.45) is 4.21. The number of nitrogens with zero attached hydrogens (tertiary/aromatic N) is 2. The Balaban J connectivity index is 1.50. The van der Waals surface area contributed by atoms with Crippen LogP contribution in [-0.2, 0) is 4.79 Å². The molecule has 1 aliphatic carbocycles. The van der Waals surface area contributed by atoms with Crippen LogP contribution in [0.25, 0.3) is 0 Å². The molecule has 1 aliphatic heterocycles. The maximum absolute atomic E-state index is 12.3. The Kier molecular flexibility index (Phi) is 5.18. The SMILES string of the molecule is C[C@H]1CN(C(=O)CCCN)CC[C@H]1NC(=O)c1cc(C2CC2)on1. The lowest BCUT2D eigenvalue weighted by molar-refractivity contribution is -0.133. The van der Waals surface area contributed by atoms with Crippen molar-refractivity contribution in [2.45, 2.75) is 51.0 Å². The fraction of sp³-hybridized carbons (Fsp3) is 0.706. The zero-order valence-electron chi connectivity index (χ0n) is 14.2. The van der Waals surface area contributed by atoms with Gasteiger partial charge in [0.25, 0.3) is 5.91 Å². The van der Waals surface area contributed by atoms with Crippen molar-refractivity contribution in [3.05, 3.63) is 17.5 Å². The molecule has 0 unspecified atom stereocenters. The largest absolute Gasteiger partial charge is 0.360 e. The van der Waals surface area contributed by atoms with Crippen LogP contribution in [0, 0.1) is 5.92 Å². The number of hydrogen-bond acceptors (Lipinski definition) is 5. The first-order chi connectivity index (χ1) is 11.6. The normalized spacial score (nSPS) is 24.0. The van der Waals surface area contributed by atoms with Gasteiger partial charge in [0.2, 0.25) is 5.91 Å². The summed E-state index contributed by atoms with van der Waals surface area (Å²) in [5, 5.41) is 6.92. The third-order valence-corrected chi connectivity index (χ3v) is 4.91. The van der Waals surface area contributed by atoms with Gasteiger partial charge in [-0.05, 0) is 38.1 Å². The first-order valence-corrected chi connectivity index (χ1v) is 8.83. The van der Waals surface area contributed by atoms with Gasteiger partial charge in [-0.2, -0.15) is 0 Å². The number of rotatable bonds is 6. The molecular weight excluding hydrogens is 308 g/mol. The summed E-state index contributed by atoms with van der Waals surface area (Å²) in [5.74, 6) is 1.43. The van der Waals surface area contributed by atoms with Gasteiger partial charge >= 0.3 is 0 Å². The minimum absolute atomic E-state index is 0.0529. The summed E-state index contributed by atoms with van der Waals surface area (Å²) in [4.78, 5) is 26.3. The van der Waals surface area contributed by atoms with Crippen LogP contribution in [0.15, 0.2) is 10.6 Å². The van der Waals surface area contributed by atoms with Crippen molar-refractivity contribution < 1.29 is 14.1 Å². The van der Waals surface area contributed by atoms with E-state index in [1.54, 1.807) is 6.07 Å². The fourth-order valence-electron chi connectivity index (χ4n) is 3.20. The fourth-order valence-corrected chi connectivity index (χ4v) is 3.20. The smallest absolute Gasteiger partial charge is 0.273 e. The highest BCUT2D eigenvalue weighted by molar-refractivity contribution is 5.92. The maximum atomic E-state index is 12.3. The van der Waals surface area contributed by atoms with E-state index in [1.807, 2.05) is 4.90 Å². The molecule has 2 aliphatic rings. The molecule has 3 rings (SSSR count). The van der Waals surface area contributed by atoms with Crippen LogP contribution in [0.5, 0.6) is 0 Å². The maximum Gasteiger partial charge on any atom is 0.273 e. The summed E-state index contributed by atoms with van der Waals surface area (Å²) in [6, 6.07) is 1.81. The molecule has 7 heteroatoms. The lowest BCUT2D eigenvalue weighted by Crippen LogP contribution is -2.51. The lowest BCUT2D eigenvalue weighted by atomic mass is 9.93. The van der Waals surface area contributed by atoms with Gasteiger partial charge in [0.05, 0.1) is 0 Å². The number of carbonyl (C=O) groups is 2. The van der Waals surface area contributed by atoms with Gasteiger partial charge in [0.1, 0.15) is 5.76 Å². The van der Waals surface area contributed by atoms with Gasteiger partial charge in [-0.3, -0.25) is 9.59 Å². The van der Waals surface area contributed by atoms with Crippen LogP contribution in [0.1, 0.15) is 61.2 Å². The average molecular weight is 334 g/mol. The van der Waals surface area contributed by atoms with Crippen LogP contribution in [0.3, 0.4) is 0 Å². The van der Waals surface area contributed by atoms with E-state index in [0.717, 1.165) is 31.4 Å². The molecule has 0 bridgehead atoms. The number of amides is 2. The van der Waals surface area contributed by atoms with Gasteiger partial charge in [-0.1, -0.05) is 12.1 Å². The first kappa shape index (κ1) is 17.0. The number of nitrogens with one attached hydrogen (secondary N) is 1. The van der Waals surface area contributed by atoms with Gasteiger partial charge in [-0.25, -0.2) is 0 Å². The molecule has 132 valence electrons. The molecule has 7 nitrogen and oxygen atoms in total. The van der Waals surface area contributed by atoms with E-state index in [9.17, 15) is 9.59 Å². The summed E-state index contributed by atoms with van der Waals surface area (Å²) < 4.78 is 5.24. The number of aromatic nitrogens is 1. The Hall–Kier alpha value is -1.89. The van der Waals surface area contributed by atoms with Crippen LogP contribution < -0.4 is 11.1 Å². The van der Waals surface area contributed by atoms with Crippen molar-refractivity contribution in [3.63, 3.8) is 0 Å².